The summed E-state index contributed by atoms with van der Waals surface area (Å²) in [5.74, 6) is -0.323. The molecule has 0 saturated carbocycles. The molecule has 0 spiro atoms. The van der Waals surface area contributed by atoms with Gasteiger partial charge in [0, 0.05) is 39.8 Å². The molecule has 0 aliphatic rings. The summed E-state index contributed by atoms with van der Waals surface area (Å²) in [6.07, 6.45) is 6.80. The molecule has 0 saturated heterocycles. The lowest BCUT2D eigenvalue weighted by Gasteiger charge is -2.00. The van der Waals surface area contributed by atoms with Gasteiger partial charge in [0.15, 0.2) is 0 Å². The minimum atomic E-state index is -0.323. The zero-order valence-corrected chi connectivity index (χ0v) is 15.8. The molecule has 1 aromatic carbocycles. The first kappa shape index (κ1) is 18.5. The second-order valence-electron chi connectivity index (χ2n) is 5.55. The van der Waals surface area contributed by atoms with Crippen molar-refractivity contribution in [1.82, 2.24) is 20.2 Å². The quantitative estimate of drug-likeness (QED) is 0.486. The Bertz CT molecular complexity index is 989. The van der Waals surface area contributed by atoms with Crippen molar-refractivity contribution < 1.29 is 4.79 Å². The van der Waals surface area contributed by atoms with Crippen molar-refractivity contribution in [1.29, 1.82) is 5.26 Å². The molecule has 2 heterocycles. The van der Waals surface area contributed by atoms with E-state index in [2.05, 4.69) is 42.6 Å². The first-order chi connectivity index (χ1) is 13.2. The smallest absolute Gasteiger partial charge is 0.270 e. The largest absolute Gasteiger partial charge is 0.271 e. The van der Waals surface area contributed by atoms with Gasteiger partial charge in [0.2, 0.25) is 0 Å². The molecule has 3 aromatic rings. The first-order valence-corrected chi connectivity index (χ1v) is 8.90. The van der Waals surface area contributed by atoms with Crippen LogP contribution in [0.15, 0.2) is 64.6 Å². The maximum absolute atomic E-state index is 12.1. The number of halogens is 1. The number of aromatic nitrogens is 3. The Balaban J connectivity index is 1.82. The number of carbonyl (C=O) groups excluding carboxylic acids is 1. The summed E-state index contributed by atoms with van der Waals surface area (Å²) in [6.45, 7) is 0.483. The molecule has 3 rings (SSSR count). The van der Waals surface area contributed by atoms with Crippen LogP contribution in [0, 0.1) is 11.3 Å². The molecule has 0 bridgehead atoms. The normalized spacial score (nSPS) is 10.7. The third-order valence-corrected chi connectivity index (χ3v) is 4.20. The molecule has 8 heteroatoms. The molecule has 134 valence electrons. The Morgan fingerprint density at radius 3 is 2.70 bits per heavy atom. The fourth-order valence-electron chi connectivity index (χ4n) is 2.37. The van der Waals surface area contributed by atoms with Crippen molar-refractivity contribution in [2.75, 3.05) is 0 Å². The van der Waals surface area contributed by atoms with Crippen molar-refractivity contribution in [3.8, 4) is 17.3 Å². The molecular weight excluding hydrogens is 408 g/mol. The van der Waals surface area contributed by atoms with Crippen LogP contribution in [0.25, 0.3) is 11.3 Å². The van der Waals surface area contributed by atoms with Crippen LogP contribution in [-0.4, -0.2) is 26.9 Å². The third kappa shape index (κ3) is 4.86. The van der Waals surface area contributed by atoms with Crippen molar-refractivity contribution in [3.63, 3.8) is 0 Å². The minimum Gasteiger partial charge on any atom is -0.270 e. The standard InChI is InChI=1S/C19H15BrN6O/c20-17-4-2-14(3-5-17)18-16(13-26(25-18)11-1-8-21)12-23-24-19(27)15-6-9-22-10-7-15/h2-7,9-10,12-13H,1,11H2,(H,24,27)/b23-12+. The molecule has 0 radical (unpaired) electrons. The summed E-state index contributed by atoms with van der Waals surface area (Å²) in [4.78, 5) is 15.9. The molecule has 27 heavy (non-hydrogen) atoms. The zero-order valence-electron chi connectivity index (χ0n) is 14.2. The van der Waals surface area contributed by atoms with E-state index in [-0.39, 0.29) is 5.91 Å². The SMILES string of the molecule is N#CCCn1cc(/C=N/NC(=O)c2ccncc2)c(-c2ccc(Br)cc2)n1. The average Bonchev–Trinajstić information content (AvgIpc) is 3.10. The Hall–Kier alpha value is -3.31. The van der Waals surface area contributed by atoms with Gasteiger partial charge in [-0.25, -0.2) is 5.43 Å². The minimum absolute atomic E-state index is 0.323. The lowest BCUT2D eigenvalue weighted by molar-refractivity contribution is 0.0955. The maximum atomic E-state index is 12.1. The number of rotatable bonds is 6. The van der Waals surface area contributed by atoms with E-state index in [4.69, 9.17) is 5.26 Å². The van der Waals surface area contributed by atoms with Crippen molar-refractivity contribution in [3.05, 3.63) is 70.6 Å². The third-order valence-electron chi connectivity index (χ3n) is 3.67. The second-order valence-corrected chi connectivity index (χ2v) is 6.46. The molecule has 0 atom stereocenters. The highest BCUT2D eigenvalue weighted by molar-refractivity contribution is 9.10. The molecule has 0 aliphatic carbocycles. The van der Waals surface area contributed by atoms with Crippen molar-refractivity contribution in [2.24, 2.45) is 5.10 Å². The van der Waals surface area contributed by atoms with Crippen molar-refractivity contribution >= 4 is 28.1 Å². The number of hydrazone groups is 1. The van der Waals surface area contributed by atoms with Gasteiger partial charge in [-0.2, -0.15) is 15.5 Å². The van der Waals surface area contributed by atoms with Crippen LogP contribution >= 0.6 is 15.9 Å². The molecule has 7 nitrogen and oxygen atoms in total. The number of nitriles is 1. The Morgan fingerprint density at radius 2 is 2.00 bits per heavy atom. The van der Waals surface area contributed by atoms with E-state index in [9.17, 15) is 4.79 Å². The van der Waals surface area contributed by atoms with Gasteiger partial charge in [-0.05, 0) is 24.3 Å². The van der Waals surface area contributed by atoms with Gasteiger partial charge in [0.05, 0.1) is 25.2 Å². The number of amides is 1. The second kappa shape index (κ2) is 8.87. The summed E-state index contributed by atoms with van der Waals surface area (Å²) >= 11 is 3.42. The van der Waals surface area contributed by atoms with Gasteiger partial charge >= 0.3 is 0 Å². The fourth-order valence-corrected chi connectivity index (χ4v) is 2.64. The van der Waals surface area contributed by atoms with Crippen LogP contribution in [0.4, 0.5) is 0 Å². The van der Waals surface area contributed by atoms with E-state index in [0.717, 1.165) is 21.3 Å². The topological polar surface area (TPSA) is 96.0 Å². The molecular formula is C19H15BrN6O. The lowest BCUT2D eigenvalue weighted by atomic mass is 10.1. The molecule has 1 N–H and O–H groups in total. The number of hydrogen-bond acceptors (Lipinski definition) is 5. The van der Waals surface area contributed by atoms with Crippen LogP contribution in [0.1, 0.15) is 22.3 Å². The lowest BCUT2D eigenvalue weighted by Crippen LogP contribution is -2.17. The monoisotopic (exact) mass is 422 g/mol. The number of nitrogens with zero attached hydrogens (tertiary/aromatic N) is 5. The van der Waals surface area contributed by atoms with E-state index in [1.165, 1.54) is 0 Å². The van der Waals surface area contributed by atoms with Crippen molar-refractivity contribution in [2.45, 2.75) is 13.0 Å². The molecule has 0 unspecified atom stereocenters. The van der Waals surface area contributed by atoms with Gasteiger partial charge in [0.25, 0.3) is 5.91 Å². The number of aryl methyl sites for hydroxylation is 1. The Kier molecular flexibility index (Phi) is 6.07. The predicted molar refractivity (Wildman–Crippen MR) is 105 cm³/mol. The number of pyridine rings is 1. The zero-order chi connectivity index (χ0) is 19.1. The molecule has 1 amide bonds. The van der Waals surface area contributed by atoms with Gasteiger partial charge in [-0.1, -0.05) is 28.1 Å². The maximum Gasteiger partial charge on any atom is 0.271 e. The average molecular weight is 423 g/mol. The van der Waals surface area contributed by atoms with E-state index >= 15 is 0 Å². The number of benzene rings is 1. The summed E-state index contributed by atoms with van der Waals surface area (Å²) in [7, 11) is 0. The van der Waals surface area contributed by atoms with Gasteiger partial charge in [-0.15, -0.1) is 0 Å². The number of carbonyl (C=O) groups is 1. The molecule has 2 aromatic heterocycles. The molecule has 0 fully saturated rings. The van der Waals surface area contributed by atoms with Crippen LogP contribution in [0.2, 0.25) is 0 Å². The van der Waals surface area contributed by atoms with Crippen LogP contribution in [-0.2, 0) is 6.54 Å². The number of nitrogens with one attached hydrogen (secondary N) is 1. The van der Waals surface area contributed by atoms with E-state index in [0.29, 0.717) is 18.5 Å². The van der Waals surface area contributed by atoms with Crippen LogP contribution < -0.4 is 5.43 Å². The number of hydrogen-bond donors (Lipinski definition) is 1. The highest BCUT2D eigenvalue weighted by Gasteiger charge is 2.10. The summed E-state index contributed by atoms with van der Waals surface area (Å²) in [5, 5.41) is 17.4. The van der Waals surface area contributed by atoms with E-state index in [1.54, 1.807) is 41.6 Å². The highest BCUT2D eigenvalue weighted by atomic mass is 79.9. The first-order valence-electron chi connectivity index (χ1n) is 8.11. The van der Waals surface area contributed by atoms with Gasteiger partial charge in [0.1, 0.15) is 5.69 Å². The van der Waals surface area contributed by atoms with Gasteiger partial charge in [-0.3, -0.25) is 14.5 Å². The van der Waals surface area contributed by atoms with Gasteiger partial charge < -0.3 is 0 Å². The summed E-state index contributed by atoms with van der Waals surface area (Å²) < 4.78 is 2.67. The van der Waals surface area contributed by atoms with E-state index in [1.807, 2.05) is 24.3 Å². The Morgan fingerprint density at radius 1 is 1.26 bits per heavy atom. The highest BCUT2D eigenvalue weighted by Crippen LogP contribution is 2.23. The van der Waals surface area contributed by atoms with Crippen LogP contribution in [0.5, 0.6) is 0 Å². The summed E-state index contributed by atoms with van der Waals surface area (Å²) in [6, 6.07) is 13.1. The predicted octanol–water partition coefficient (Wildman–Crippen LogP) is 3.39. The Labute approximate surface area is 164 Å². The fraction of sp³-hybridized carbons (Fsp3) is 0.105. The van der Waals surface area contributed by atoms with E-state index < -0.39 is 0 Å². The van der Waals surface area contributed by atoms with Crippen LogP contribution in [0.3, 0.4) is 0 Å². The molecule has 0 aliphatic heterocycles. The summed E-state index contributed by atoms with van der Waals surface area (Å²) in [5.41, 5.74) is 5.34.